The fourth-order valence-electron chi connectivity index (χ4n) is 1.69. The van der Waals surface area contributed by atoms with E-state index < -0.39 is 0 Å². The van der Waals surface area contributed by atoms with Gasteiger partial charge in [0, 0.05) is 25.2 Å². The van der Waals surface area contributed by atoms with Crippen molar-refractivity contribution in [3.8, 4) is 0 Å². The van der Waals surface area contributed by atoms with Crippen molar-refractivity contribution in [1.29, 1.82) is 0 Å². The van der Waals surface area contributed by atoms with Gasteiger partial charge in [0.05, 0.1) is 19.0 Å². The number of nitrogens with zero attached hydrogens (tertiary/aromatic N) is 2. The quantitative estimate of drug-likeness (QED) is 0.764. The molecule has 0 atom stereocenters. The molecule has 6 nitrogen and oxygen atoms in total. The van der Waals surface area contributed by atoms with Crippen LogP contribution in [0.1, 0.15) is 16.1 Å². The zero-order valence-corrected chi connectivity index (χ0v) is 12.9. The molecule has 1 aromatic carbocycles. The maximum absolute atomic E-state index is 12.0. The normalized spacial score (nSPS) is 10.3. The maximum atomic E-state index is 12.0. The van der Waals surface area contributed by atoms with E-state index in [1.165, 1.54) is 12.4 Å². The third kappa shape index (κ3) is 4.98. The summed E-state index contributed by atoms with van der Waals surface area (Å²) in [5, 5.41) is 6.48. The predicted molar refractivity (Wildman–Crippen MR) is 85.0 cm³/mol. The number of ether oxygens (including phenoxy) is 1. The topological polar surface area (TPSA) is 76.1 Å². The molecule has 0 fully saturated rings. The molecule has 0 unspecified atom stereocenters. The molecule has 1 aromatic heterocycles. The van der Waals surface area contributed by atoms with Crippen LogP contribution in [0.2, 0.25) is 5.02 Å². The van der Waals surface area contributed by atoms with E-state index in [2.05, 4.69) is 20.6 Å². The molecule has 0 aliphatic heterocycles. The molecule has 22 heavy (non-hydrogen) atoms. The smallest absolute Gasteiger partial charge is 0.271 e. The number of rotatable bonds is 7. The van der Waals surface area contributed by atoms with Gasteiger partial charge in [-0.15, -0.1) is 0 Å². The summed E-state index contributed by atoms with van der Waals surface area (Å²) in [7, 11) is 1.63. The fraction of sp³-hybridized carbons (Fsp3) is 0.267. The van der Waals surface area contributed by atoms with E-state index >= 15 is 0 Å². The van der Waals surface area contributed by atoms with Crippen LogP contribution in [0.15, 0.2) is 36.7 Å². The maximum Gasteiger partial charge on any atom is 0.271 e. The number of hydrogen-bond acceptors (Lipinski definition) is 5. The largest absolute Gasteiger partial charge is 0.383 e. The Labute approximate surface area is 133 Å². The van der Waals surface area contributed by atoms with Gasteiger partial charge in [0.15, 0.2) is 0 Å². The highest BCUT2D eigenvalue weighted by atomic mass is 35.5. The van der Waals surface area contributed by atoms with E-state index in [1.807, 2.05) is 12.1 Å². The van der Waals surface area contributed by atoms with Crippen LogP contribution in [0.25, 0.3) is 0 Å². The molecule has 2 aromatic rings. The fourth-order valence-corrected chi connectivity index (χ4v) is 1.82. The third-order valence-corrected chi connectivity index (χ3v) is 3.12. The van der Waals surface area contributed by atoms with E-state index in [0.29, 0.717) is 30.5 Å². The summed E-state index contributed by atoms with van der Waals surface area (Å²) in [4.78, 5) is 20.2. The average Bonchev–Trinajstić information content (AvgIpc) is 2.55. The average molecular weight is 321 g/mol. The number of amides is 1. The van der Waals surface area contributed by atoms with Crippen LogP contribution < -0.4 is 10.6 Å². The van der Waals surface area contributed by atoms with Crippen molar-refractivity contribution in [2.75, 3.05) is 25.6 Å². The second-order valence-corrected chi connectivity index (χ2v) is 4.95. The van der Waals surface area contributed by atoms with Crippen molar-refractivity contribution >= 4 is 23.3 Å². The second kappa shape index (κ2) is 8.31. The minimum atomic E-state index is -0.272. The van der Waals surface area contributed by atoms with Gasteiger partial charge in [-0.05, 0) is 17.7 Å². The number of hydrogen-bond donors (Lipinski definition) is 2. The van der Waals surface area contributed by atoms with Crippen LogP contribution in [0.4, 0.5) is 5.82 Å². The predicted octanol–water partition coefficient (Wildman–Crippen LogP) is 2.12. The molecule has 0 aliphatic carbocycles. The van der Waals surface area contributed by atoms with E-state index in [9.17, 15) is 4.79 Å². The molecule has 116 valence electrons. The lowest BCUT2D eigenvalue weighted by molar-refractivity contribution is 0.0945. The highest BCUT2D eigenvalue weighted by Crippen LogP contribution is 2.09. The first-order chi connectivity index (χ1) is 10.7. The van der Waals surface area contributed by atoms with Crippen molar-refractivity contribution in [1.82, 2.24) is 15.3 Å². The number of nitrogens with one attached hydrogen (secondary N) is 2. The van der Waals surface area contributed by atoms with Crippen LogP contribution in [0, 0.1) is 0 Å². The summed E-state index contributed by atoms with van der Waals surface area (Å²) >= 11 is 5.81. The van der Waals surface area contributed by atoms with Gasteiger partial charge >= 0.3 is 0 Å². The Kier molecular flexibility index (Phi) is 6.12. The van der Waals surface area contributed by atoms with E-state index in [1.54, 1.807) is 19.2 Å². The zero-order valence-electron chi connectivity index (χ0n) is 12.2. The zero-order chi connectivity index (χ0) is 15.8. The SMILES string of the molecule is COCCNc1cnc(C(=O)NCc2ccc(Cl)cc2)cn1. The van der Waals surface area contributed by atoms with Crippen molar-refractivity contribution in [2.24, 2.45) is 0 Å². The third-order valence-electron chi connectivity index (χ3n) is 2.86. The number of carbonyl (C=O) groups excluding carboxylic acids is 1. The number of anilines is 1. The Bertz CT molecular complexity index is 602. The minimum Gasteiger partial charge on any atom is -0.383 e. The van der Waals surface area contributed by atoms with E-state index in [0.717, 1.165) is 5.56 Å². The van der Waals surface area contributed by atoms with Gasteiger partial charge < -0.3 is 15.4 Å². The van der Waals surface area contributed by atoms with Gasteiger partial charge in [-0.3, -0.25) is 4.79 Å². The van der Waals surface area contributed by atoms with E-state index in [4.69, 9.17) is 16.3 Å². The van der Waals surface area contributed by atoms with E-state index in [-0.39, 0.29) is 11.6 Å². The lowest BCUT2D eigenvalue weighted by Crippen LogP contribution is -2.24. The molecule has 0 saturated heterocycles. The summed E-state index contributed by atoms with van der Waals surface area (Å²) in [5.41, 5.74) is 1.23. The van der Waals surface area contributed by atoms with Crippen molar-refractivity contribution < 1.29 is 9.53 Å². The van der Waals surface area contributed by atoms with Gasteiger partial charge in [0.1, 0.15) is 11.5 Å². The summed E-state index contributed by atoms with van der Waals surface area (Å²) in [6, 6.07) is 7.28. The van der Waals surface area contributed by atoms with Crippen LogP contribution >= 0.6 is 11.6 Å². The summed E-state index contributed by atoms with van der Waals surface area (Å²) in [6.07, 6.45) is 2.96. The van der Waals surface area contributed by atoms with Crippen LogP contribution in [0.3, 0.4) is 0 Å². The lowest BCUT2D eigenvalue weighted by atomic mass is 10.2. The molecular formula is C15H17ClN4O2. The highest BCUT2D eigenvalue weighted by molar-refractivity contribution is 6.30. The first-order valence-electron chi connectivity index (χ1n) is 6.76. The summed E-state index contributed by atoms with van der Waals surface area (Å²) in [5.74, 6) is 0.331. The summed E-state index contributed by atoms with van der Waals surface area (Å²) in [6.45, 7) is 1.61. The molecule has 0 bridgehead atoms. The number of halogens is 1. The van der Waals surface area contributed by atoms with Gasteiger partial charge in [0.25, 0.3) is 5.91 Å². The van der Waals surface area contributed by atoms with Crippen molar-refractivity contribution in [3.05, 3.63) is 52.9 Å². The molecule has 1 heterocycles. The minimum absolute atomic E-state index is 0.270. The first kappa shape index (κ1) is 16.2. The van der Waals surface area contributed by atoms with Gasteiger partial charge in [0.2, 0.25) is 0 Å². The van der Waals surface area contributed by atoms with Crippen LogP contribution in [0.5, 0.6) is 0 Å². The molecule has 0 radical (unpaired) electrons. The van der Waals surface area contributed by atoms with Gasteiger partial charge in [-0.25, -0.2) is 9.97 Å². The molecule has 2 N–H and O–H groups in total. The Balaban J connectivity index is 1.85. The highest BCUT2D eigenvalue weighted by Gasteiger charge is 2.07. The Morgan fingerprint density at radius 1 is 1.23 bits per heavy atom. The standard InChI is InChI=1S/C15H17ClN4O2/c1-22-7-6-17-14-10-18-13(9-19-14)15(21)20-8-11-2-4-12(16)5-3-11/h2-5,9-10H,6-8H2,1H3,(H,17,19)(H,20,21). The van der Waals surface area contributed by atoms with Crippen molar-refractivity contribution in [2.45, 2.75) is 6.54 Å². The molecule has 0 saturated carbocycles. The van der Waals surface area contributed by atoms with Gasteiger partial charge in [-0.1, -0.05) is 23.7 Å². The first-order valence-corrected chi connectivity index (χ1v) is 7.14. The molecule has 0 aliphatic rings. The number of aromatic nitrogens is 2. The molecule has 7 heteroatoms. The molecular weight excluding hydrogens is 304 g/mol. The Morgan fingerprint density at radius 2 is 2.00 bits per heavy atom. The Hall–Kier alpha value is -2.18. The van der Waals surface area contributed by atoms with Crippen LogP contribution in [-0.4, -0.2) is 36.1 Å². The Morgan fingerprint density at radius 3 is 2.64 bits per heavy atom. The molecule has 0 spiro atoms. The summed E-state index contributed by atoms with van der Waals surface area (Å²) < 4.78 is 4.92. The van der Waals surface area contributed by atoms with Crippen LogP contribution in [-0.2, 0) is 11.3 Å². The molecule has 1 amide bonds. The lowest BCUT2D eigenvalue weighted by Gasteiger charge is -2.06. The van der Waals surface area contributed by atoms with Gasteiger partial charge in [-0.2, -0.15) is 0 Å². The number of benzene rings is 1. The number of carbonyl (C=O) groups is 1. The monoisotopic (exact) mass is 320 g/mol. The molecule has 2 rings (SSSR count). The van der Waals surface area contributed by atoms with Crippen molar-refractivity contribution in [3.63, 3.8) is 0 Å². The second-order valence-electron chi connectivity index (χ2n) is 4.52. The number of methoxy groups -OCH3 is 1.